The normalized spacial score (nSPS) is 31.3. The van der Waals surface area contributed by atoms with Gasteiger partial charge in [-0.1, -0.05) is 48.2 Å². The number of aliphatic hydroxyl groups excluding tert-OH is 1. The summed E-state index contributed by atoms with van der Waals surface area (Å²) in [5.41, 5.74) is 1.25. The molecular weight excluding hydrogens is 819 g/mol. The molecule has 0 saturated carbocycles. The maximum absolute atomic E-state index is 15.8. The fourth-order valence-corrected chi connectivity index (χ4v) is 13.1. The van der Waals surface area contributed by atoms with Crippen molar-refractivity contribution in [3.8, 4) is 23.0 Å². The number of fused-ring (bicyclic) bond motifs is 8. The Morgan fingerprint density at radius 1 is 0.754 bits per heavy atom. The van der Waals surface area contributed by atoms with Gasteiger partial charge in [0, 0.05) is 62.4 Å². The van der Waals surface area contributed by atoms with Gasteiger partial charge in [0.15, 0.2) is 23.0 Å². The largest absolute Gasteiger partial charge is 0.504 e. The summed E-state index contributed by atoms with van der Waals surface area (Å²) in [4.78, 5) is 50.8. The molecule has 1 amide bonds. The number of hydrogen-bond acceptors (Lipinski definition) is 11. The van der Waals surface area contributed by atoms with Gasteiger partial charge in [-0.25, -0.2) is 0 Å². The maximum atomic E-state index is 15.8. The van der Waals surface area contributed by atoms with E-state index >= 15 is 9.59 Å². The molecule has 61 heavy (non-hydrogen) atoms. The molecule has 5 N–H and O–H groups in total. The van der Waals surface area contributed by atoms with Crippen LogP contribution in [0.3, 0.4) is 0 Å². The maximum Gasteiger partial charge on any atom is 0.250 e. The number of nitrogens with one attached hydrogen (secondary N) is 2. The van der Waals surface area contributed by atoms with Crippen LogP contribution in [0.15, 0.2) is 72.8 Å². The second kappa shape index (κ2) is 14.9. The molecule has 4 fully saturated rings. The van der Waals surface area contributed by atoms with Gasteiger partial charge in [-0.3, -0.25) is 24.2 Å². The second-order valence-electron chi connectivity index (χ2n) is 17.5. The Hall–Kier alpha value is -4.85. The number of rotatable bonds is 8. The third kappa shape index (κ3) is 5.71. The molecule has 0 aromatic heterocycles. The molecule has 0 aliphatic carbocycles. The summed E-state index contributed by atoms with van der Waals surface area (Å²) in [6.07, 6.45) is 3.00. The lowest BCUT2D eigenvalue weighted by Crippen LogP contribution is -2.57. The van der Waals surface area contributed by atoms with Crippen LogP contribution in [0.5, 0.6) is 23.0 Å². The predicted molar refractivity (Wildman–Crippen MR) is 230 cm³/mol. The monoisotopic (exact) mass is 866 g/mol. The van der Waals surface area contributed by atoms with Gasteiger partial charge in [-0.15, -0.1) is 0 Å². The Morgan fingerprint density at radius 2 is 1.43 bits per heavy atom. The number of carbonyl (C=O) groups is 3. The van der Waals surface area contributed by atoms with Crippen LogP contribution in [0, 0.1) is 11.8 Å². The predicted octanol–water partition coefficient (Wildman–Crippen LogP) is 7.27. The zero-order chi connectivity index (χ0) is 42.5. The third-order valence-electron chi connectivity index (χ3n) is 14.8. The average molecular weight is 868 g/mol. The molecule has 9 atom stereocenters. The van der Waals surface area contributed by atoms with E-state index in [9.17, 15) is 20.1 Å². The van der Waals surface area contributed by atoms with Crippen molar-refractivity contribution in [3.05, 3.63) is 105 Å². The molecule has 9 unspecified atom stereocenters. The van der Waals surface area contributed by atoms with E-state index in [4.69, 9.17) is 32.7 Å². The first-order valence-electron chi connectivity index (χ1n) is 21.1. The summed E-state index contributed by atoms with van der Waals surface area (Å²) in [7, 11) is 2.93. The molecule has 318 valence electrons. The lowest BCUT2D eigenvalue weighted by Gasteiger charge is -2.44. The van der Waals surface area contributed by atoms with Crippen LogP contribution in [-0.4, -0.2) is 88.2 Å². The summed E-state index contributed by atoms with van der Waals surface area (Å²) in [6.45, 7) is 1.13. The summed E-state index contributed by atoms with van der Waals surface area (Å²) >= 11 is 13.4. The first-order valence-corrected chi connectivity index (χ1v) is 21.9. The number of phenols is 2. The number of amides is 1. The van der Waals surface area contributed by atoms with Gasteiger partial charge in [-0.2, -0.15) is 0 Å². The average Bonchev–Trinajstić information content (AvgIpc) is 3.93. The van der Waals surface area contributed by atoms with E-state index in [1.165, 1.54) is 20.3 Å². The number of carbonyl (C=O) groups excluding carboxylic acids is 3. The molecule has 6 aliphatic rings. The van der Waals surface area contributed by atoms with E-state index in [0.29, 0.717) is 63.2 Å². The molecule has 14 heteroatoms. The van der Waals surface area contributed by atoms with Gasteiger partial charge in [0.05, 0.1) is 26.6 Å². The van der Waals surface area contributed by atoms with Gasteiger partial charge < -0.3 is 35.4 Å². The zero-order valence-corrected chi connectivity index (χ0v) is 35.4. The van der Waals surface area contributed by atoms with E-state index in [-0.39, 0.29) is 46.5 Å². The number of aliphatic hydroxyl groups is 1. The number of phenolic OH excluding ortho intramolecular Hbond substituents is 2. The molecule has 4 aromatic rings. The summed E-state index contributed by atoms with van der Waals surface area (Å²) in [5, 5.41) is 41.6. The number of methoxy groups -OCH3 is 2. The Bertz CT molecular complexity index is 2480. The van der Waals surface area contributed by atoms with Crippen molar-refractivity contribution in [3.63, 3.8) is 0 Å². The van der Waals surface area contributed by atoms with E-state index in [1.807, 2.05) is 18.2 Å². The summed E-state index contributed by atoms with van der Waals surface area (Å²) in [6, 6.07) is 20.2. The highest BCUT2D eigenvalue weighted by molar-refractivity contribution is 6.31. The van der Waals surface area contributed by atoms with Gasteiger partial charge in [0.1, 0.15) is 28.9 Å². The Kier molecular flexibility index (Phi) is 9.83. The number of benzene rings is 4. The highest BCUT2D eigenvalue weighted by Crippen LogP contribution is 2.64. The lowest BCUT2D eigenvalue weighted by atomic mass is 9.67. The van der Waals surface area contributed by atoms with Crippen molar-refractivity contribution in [1.29, 1.82) is 0 Å². The molecular formula is C47H48Cl2N4O8. The lowest BCUT2D eigenvalue weighted by molar-refractivity contribution is -0.136. The minimum atomic E-state index is -1.36. The van der Waals surface area contributed by atoms with Crippen LogP contribution in [-0.2, 0) is 25.5 Å². The SMILES string of the molecule is COc1ccc(C2C3CCCCN3C3(c4cc(Cl)ccc4NC3O)C2C(=O)CC(=O)C2C3CCCCN3C3(C(=O)Nc4ccc(Cl)cc43)C2c2ccc(O)c(OC)c2)cc1O. The fourth-order valence-electron chi connectivity index (χ4n) is 12.7. The van der Waals surface area contributed by atoms with Gasteiger partial charge in [-0.05, 0) is 111 Å². The topological polar surface area (TPSA) is 161 Å². The Morgan fingerprint density at radius 3 is 2.15 bits per heavy atom. The van der Waals surface area contributed by atoms with Crippen molar-refractivity contribution in [1.82, 2.24) is 9.80 Å². The van der Waals surface area contributed by atoms with Crippen LogP contribution < -0.4 is 20.1 Å². The first kappa shape index (κ1) is 40.2. The number of hydrogen-bond donors (Lipinski definition) is 5. The number of ketones is 2. The minimum absolute atomic E-state index is 0.0739. The van der Waals surface area contributed by atoms with Crippen molar-refractivity contribution < 1.29 is 39.2 Å². The quantitative estimate of drug-likeness (QED) is 0.113. The molecule has 6 heterocycles. The number of piperidine rings is 2. The van der Waals surface area contributed by atoms with Crippen molar-refractivity contribution >= 4 is 52.1 Å². The number of ether oxygens (including phenoxy) is 2. The van der Waals surface area contributed by atoms with E-state index in [0.717, 1.165) is 32.1 Å². The smallest absolute Gasteiger partial charge is 0.250 e. The first-order chi connectivity index (χ1) is 29.4. The zero-order valence-electron chi connectivity index (χ0n) is 33.9. The molecule has 2 spiro atoms. The number of nitrogens with zero attached hydrogens (tertiary/aromatic N) is 2. The van der Waals surface area contributed by atoms with Crippen LogP contribution in [0.25, 0.3) is 0 Å². The molecule has 12 nitrogen and oxygen atoms in total. The molecule has 6 aliphatic heterocycles. The molecule has 0 radical (unpaired) electrons. The summed E-state index contributed by atoms with van der Waals surface area (Å²) < 4.78 is 11.0. The van der Waals surface area contributed by atoms with Crippen molar-refractivity contribution in [2.45, 2.75) is 86.2 Å². The van der Waals surface area contributed by atoms with Gasteiger partial charge >= 0.3 is 0 Å². The number of Topliss-reactive ketones (excluding diaryl/α,β-unsaturated/α-hetero) is 2. The summed E-state index contributed by atoms with van der Waals surface area (Å²) in [5.74, 6) is -3.77. The van der Waals surface area contributed by atoms with E-state index in [2.05, 4.69) is 20.4 Å². The highest BCUT2D eigenvalue weighted by Gasteiger charge is 2.70. The second-order valence-corrected chi connectivity index (χ2v) is 18.3. The van der Waals surface area contributed by atoms with Crippen LogP contribution in [0.2, 0.25) is 10.0 Å². The number of aromatic hydroxyl groups is 2. The van der Waals surface area contributed by atoms with E-state index in [1.54, 1.807) is 48.5 Å². The fraction of sp³-hybridized carbons (Fsp3) is 0.426. The Labute approximate surface area is 363 Å². The van der Waals surface area contributed by atoms with E-state index < -0.39 is 53.4 Å². The van der Waals surface area contributed by atoms with Gasteiger partial charge in [0.2, 0.25) is 5.91 Å². The Balaban J connectivity index is 1.14. The van der Waals surface area contributed by atoms with Crippen molar-refractivity contribution in [2.75, 3.05) is 37.9 Å². The van der Waals surface area contributed by atoms with Crippen molar-refractivity contribution in [2.24, 2.45) is 11.8 Å². The minimum Gasteiger partial charge on any atom is -0.504 e. The molecule has 4 saturated heterocycles. The molecule has 0 bridgehead atoms. The van der Waals surface area contributed by atoms with Crippen LogP contribution >= 0.6 is 23.2 Å². The molecule has 10 rings (SSSR count). The van der Waals surface area contributed by atoms with Crippen LogP contribution in [0.4, 0.5) is 11.4 Å². The van der Waals surface area contributed by atoms with Gasteiger partial charge in [0.25, 0.3) is 0 Å². The molecule has 4 aromatic carbocycles. The number of anilines is 2. The highest BCUT2D eigenvalue weighted by atomic mass is 35.5. The number of halogens is 2. The standard InChI is InChI=1S/C47H48Cl2N4O8/c1-60-38-16-10-24(19-35(38)55)40-32-7-3-5-17-52(32)47(29-22-27(49)12-14-31(29)51-45(47)59)43(40)37(57)23-36(56)41-33-8-4-6-18-53(33)46(28-21-26(48)11-13-30(28)50-44(46)58)42(41)25-9-15-34(54)39(20-25)61-2/h9-16,19-22,32-33,40-43,45,51,54-55,59H,3-8,17-18,23H2,1-2H3,(H,50,58). The van der Waals surface area contributed by atoms with Crippen LogP contribution in [0.1, 0.15) is 79.0 Å². The third-order valence-corrected chi connectivity index (χ3v) is 15.3.